The number of aliphatic imine (C=N–C) groups is 1. The van der Waals surface area contributed by atoms with Gasteiger partial charge in [0.05, 0.1) is 17.9 Å². The predicted molar refractivity (Wildman–Crippen MR) is 111 cm³/mol. The Morgan fingerprint density at radius 1 is 1.24 bits per heavy atom. The first-order chi connectivity index (χ1) is 11.8. The number of hydrogen-bond acceptors (Lipinski definition) is 4. The van der Waals surface area contributed by atoms with Crippen LogP contribution in [0.1, 0.15) is 12.6 Å². The van der Waals surface area contributed by atoms with E-state index in [1.807, 2.05) is 24.3 Å². The molecule has 1 aromatic carbocycles. The van der Waals surface area contributed by atoms with Gasteiger partial charge < -0.3 is 20.2 Å². The zero-order chi connectivity index (χ0) is 16.8. The number of aromatic amines is 1. The maximum absolute atomic E-state index is 10.0. The van der Waals surface area contributed by atoms with Crippen molar-refractivity contribution in [2.24, 2.45) is 4.99 Å². The van der Waals surface area contributed by atoms with E-state index >= 15 is 0 Å². The van der Waals surface area contributed by atoms with Gasteiger partial charge in [-0.25, -0.2) is 4.99 Å². The van der Waals surface area contributed by atoms with Gasteiger partial charge in [0.2, 0.25) is 0 Å². The minimum absolute atomic E-state index is 0. The molecular formula is C17H25IN6O. The quantitative estimate of drug-likeness (QED) is 0.373. The minimum Gasteiger partial charge on any atom is -0.506 e. The van der Waals surface area contributed by atoms with Crippen LogP contribution in [-0.2, 0) is 6.54 Å². The molecule has 1 aliphatic heterocycles. The van der Waals surface area contributed by atoms with Gasteiger partial charge in [-0.3, -0.25) is 5.10 Å². The molecule has 0 unspecified atom stereocenters. The molecule has 2 aromatic rings. The summed E-state index contributed by atoms with van der Waals surface area (Å²) in [5.41, 5.74) is 1.90. The normalized spacial score (nSPS) is 15.0. The Kier molecular flexibility index (Phi) is 7.35. The van der Waals surface area contributed by atoms with E-state index < -0.39 is 0 Å². The Bertz CT molecular complexity index is 668. The Morgan fingerprint density at radius 2 is 2.00 bits per heavy atom. The van der Waals surface area contributed by atoms with E-state index in [4.69, 9.17) is 0 Å². The predicted octanol–water partition coefficient (Wildman–Crippen LogP) is 2.02. The lowest BCUT2D eigenvalue weighted by Gasteiger charge is -2.37. The number of halogens is 1. The van der Waals surface area contributed by atoms with Gasteiger partial charge in [-0.1, -0.05) is 12.1 Å². The van der Waals surface area contributed by atoms with Gasteiger partial charge in [0.15, 0.2) is 5.96 Å². The number of benzene rings is 1. The van der Waals surface area contributed by atoms with Crippen molar-refractivity contribution < 1.29 is 5.11 Å². The number of anilines is 1. The van der Waals surface area contributed by atoms with Crippen molar-refractivity contribution in [2.75, 3.05) is 37.6 Å². The number of H-pyrrole nitrogens is 1. The van der Waals surface area contributed by atoms with Crippen molar-refractivity contribution in [1.82, 2.24) is 20.4 Å². The molecule has 8 heteroatoms. The smallest absolute Gasteiger partial charge is 0.194 e. The van der Waals surface area contributed by atoms with E-state index in [0.717, 1.165) is 50.1 Å². The molecule has 2 heterocycles. The van der Waals surface area contributed by atoms with Gasteiger partial charge in [0.25, 0.3) is 0 Å². The van der Waals surface area contributed by atoms with E-state index in [1.165, 1.54) is 0 Å². The second kappa shape index (κ2) is 9.50. The van der Waals surface area contributed by atoms with Crippen LogP contribution in [0.4, 0.5) is 5.69 Å². The average molecular weight is 456 g/mol. The molecule has 0 radical (unpaired) electrons. The SMILES string of the molecule is CCNC(=NCc1ccn[nH]1)N1CCN(c2ccccc2O)CC1.I. The van der Waals surface area contributed by atoms with Crippen LogP contribution in [0, 0.1) is 0 Å². The number of para-hydroxylation sites is 2. The van der Waals surface area contributed by atoms with Crippen LogP contribution >= 0.6 is 24.0 Å². The molecule has 136 valence electrons. The second-order valence-corrected chi connectivity index (χ2v) is 5.71. The summed E-state index contributed by atoms with van der Waals surface area (Å²) in [5.74, 6) is 1.26. The fourth-order valence-electron chi connectivity index (χ4n) is 2.85. The van der Waals surface area contributed by atoms with Crippen molar-refractivity contribution in [3.05, 3.63) is 42.2 Å². The lowest BCUT2D eigenvalue weighted by atomic mass is 10.2. The molecule has 0 spiro atoms. The largest absolute Gasteiger partial charge is 0.506 e. The summed E-state index contributed by atoms with van der Waals surface area (Å²) in [6.45, 7) is 6.93. The Morgan fingerprint density at radius 3 is 2.64 bits per heavy atom. The van der Waals surface area contributed by atoms with E-state index in [1.54, 1.807) is 12.3 Å². The first-order valence-electron chi connectivity index (χ1n) is 8.32. The van der Waals surface area contributed by atoms with E-state index in [0.29, 0.717) is 12.3 Å². The fourth-order valence-corrected chi connectivity index (χ4v) is 2.85. The highest BCUT2D eigenvalue weighted by atomic mass is 127. The molecule has 0 atom stereocenters. The summed E-state index contributed by atoms with van der Waals surface area (Å²) >= 11 is 0. The van der Waals surface area contributed by atoms with Crippen LogP contribution in [0.2, 0.25) is 0 Å². The molecule has 1 fully saturated rings. The number of guanidine groups is 1. The molecule has 3 N–H and O–H groups in total. The molecule has 0 aliphatic carbocycles. The van der Waals surface area contributed by atoms with Crippen LogP contribution in [0.25, 0.3) is 0 Å². The number of phenols is 1. The van der Waals surface area contributed by atoms with Gasteiger partial charge in [0.1, 0.15) is 5.75 Å². The Labute approximate surface area is 165 Å². The number of hydrogen-bond donors (Lipinski definition) is 3. The number of nitrogens with one attached hydrogen (secondary N) is 2. The molecule has 1 aromatic heterocycles. The third-order valence-corrected chi connectivity index (χ3v) is 4.09. The third kappa shape index (κ3) is 5.00. The highest BCUT2D eigenvalue weighted by molar-refractivity contribution is 14.0. The van der Waals surface area contributed by atoms with Crippen LogP contribution in [0.15, 0.2) is 41.5 Å². The van der Waals surface area contributed by atoms with E-state index in [9.17, 15) is 5.11 Å². The van der Waals surface area contributed by atoms with Crippen LogP contribution in [-0.4, -0.2) is 58.9 Å². The first-order valence-corrected chi connectivity index (χ1v) is 8.32. The molecule has 1 saturated heterocycles. The Balaban J connectivity index is 0.00000225. The first kappa shape index (κ1) is 19.4. The summed E-state index contributed by atoms with van der Waals surface area (Å²) < 4.78 is 0. The van der Waals surface area contributed by atoms with Gasteiger partial charge in [-0.15, -0.1) is 24.0 Å². The lowest BCUT2D eigenvalue weighted by Crippen LogP contribution is -2.52. The van der Waals surface area contributed by atoms with Gasteiger partial charge in [-0.2, -0.15) is 5.10 Å². The maximum Gasteiger partial charge on any atom is 0.194 e. The van der Waals surface area contributed by atoms with Crippen molar-refractivity contribution in [3.63, 3.8) is 0 Å². The summed E-state index contributed by atoms with van der Waals surface area (Å²) in [7, 11) is 0. The van der Waals surface area contributed by atoms with Crippen LogP contribution < -0.4 is 10.2 Å². The third-order valence-electron chi connectivity index (χ3n) is 4.09. The number of piperazine rings is 1. The van der Waals surface area contributed by atoms with Crippen LogP contribution in [0.5, 0.6) is 5.75 Å². The molecule has 7 nitrogen and oxygen atoms in total. The van der Waals surface area contributed by atoms with Crippen molar-refractivity contribution in [2.45, 2.75) is 13.5 Å². The van der Waals surface area contributed by atoms with Gasteiger partial charge >= 0.3 is 0 Å². The molecule has 0 bridgehead atoms. The number of aromatic nitrogens is 2. The number of aromatic hydroxyl groups is 1. The van der Waals surface area contributed by atoms with Gasteiger partial charge in [0, 0.05) is 38.9 Å². The Hall–Kier alpha value is -1.97. The molecule has 0 saturated carbocycles. The molecule has 0 amide bonds. The maximum atomic E-state index is 10.0. The standard InChI is InChI=1S/C17H24N6O.HI/c1-2-18-17(19-13-14-7-8-20-21-14)23-11-9-22(10-12-23)15-5-3-4-6-16(15)24;/h3-8,24H,2,9-13H2,1H3,(H,18,19)(H,20,21);1H. The molecule has 3 rings (SSSR count). The highest BCUT2D eigenvalue weighted by Crippen LogP contribution is 2.27. The lowest BCUT2D eigenvalue weighted by molar-refractivity contribution is 0.369. The summed E-state index contributed by atoms with van der Waals surface area (Å²) in [5, 5.41) is 20.3. The zero-order valence-electron chi connectivity index (χ0n) is 14.4. The number of phenolic OH excluding ortho intramolecular Hbond substituents is 1. The fraction of sp³-hybridized carbons (Fsp3) is 0.412. The summed E-state index contributed by atoms with van der Waals surface area (Å²) in [6, 6.07) is 9.43. The summed E-state index contributed by atoms with van der Waals surface area (Å²) in [6.07, 6.45) is 1.74. The number of nitrogens with zero attached hydrogens (tertiary/aromatic N) is 4. The summed E-state index contributed by atoms with van der Waals surface area (Å²) in [4.78, 5) is 9.16. The van der Waals surface area contributed by atoms with Gasteiger partial charge in [-0.05, 0) is 25.1 Å². The molecule has 1 aliphatic rings. The van der Waals surface area contributed by atoms with Crippen molar-refractivity contribution in [3.8, 4) is 5.75 Å². The zero-order valence-corrected chi connectivity index (χ0v) is 16.7. The number of rotatable bonds is 4. The highest BCUT2D eigenvalue weighted by Gasteiger charge is 2.21. The minimum atomic E-state index is 0. The topological polar surface area (TPSA) is 79.8 Å². The van der Waals surface area contributed by atoms with Crippen molar-refractivity contribution >= 4 is 35.6 Å². The second-order valence-electron chi connectivity index (χ2n) is 5.71. The van der Waals surface area contributed by atoms with E-state index in [-0.39, 0.29) is 24.0 Å². The average Bonchev–Trinajstić information content (AvgIpc) is 3.13. The van der Waals surface area contributed by atoms with Crippen LogP contribution in [0.3, 0.4) is 0 Å². The van der Waals surface area contributed by atoms with E-state index in [2.05, 4.69) is 37.2 Å². The molecular weight excluding hydrogens is 431 g/mol. The molecule has 25 heavy (non-hydrogen) atoms. The monoisotopic (exact) mass is 456 g/mol. The van der Waals surface area contributed by atoms with Crippen molar-refractivity contribution in [1.29, 1.82) is 0 Å².